The first-order chi connectivity index (χ1) is 11.5. The Morgan fingerprint density at radius 2 is 1.79 bits per heavy atom. The molecule has 0 fully saturated rings. The summed E-state index contributed by atoms with van der Waals surface area (Å²) in [6.07, 6.45) is -0.131. The number of hydrogen-bond donors (Lipinski definition) is 1. The lowest BCUT2D eigenvalue weighted by Gasteiger charge is -2.18. The van der Waals surface area contributed by atoms with Gasteiger partial charge in [0.1, 0.15) is 11.5 Å². The van der Waals surface area contributed by atoms with Crippen molar-refractivity contribution in [1.82, 2.24) is 0 Å². The van der Waals surface area contributed by atoms with Crippen molar-refractivity contribution >= 4 is 17.4 Å². The lowest BCUT2D eigenvalue weighted by molar-refractivity contribution is -0.122. The van der Waals surface area contributed by atoms with E-state index in [0.717, 1.165) is 0 Å². The number of benzene rings is 2. The molecule has 24 heavy (non-hydrogen) atoms. The van der Waals surface area contributed by atoms with Gasteiger partial charge in [0.25, 0.3) is 5.91 Å². The summed E-state index contributed by atoms with van der Waals surface area (Å²) in [6, 6.07) is 13.9. The van der Waals surface area contributed by atoms with Crippen LogP contribution in [0.3, 0.4) is 0 Å². The number of nitrogens with one attached hydrogen (secondary N) is 1. The Morgan fingerprint density at radius 1 is 1.08 bits per heavy atom. The molecule has 1 amide bonds. The third-order valence-corrected chi connectivity index (χ3v) is 3.52. The van der Waals surface area contributed by atoms with Crippen molar-refractivity contribution in [2.45, 2.75) is 26.4 Å². The number of carbonyl (C=O) groups excluding carboxylic acids is 2. The fraction of sp³-hybridized carbons (Fsp3) is 0.263. The Hall–Kier alpha value is -2.82. The molecule has 2 aromatic rings. The SMILES string of the molecule is CC[C@H](Oc1cccc(OC)c1)C(=O)Nc1cccc(C(C)=O)c1. The van der Waals surface area contributed by atoms with Crippen LogP contribution in [-0.4, -0.2) is 24.9 Å². The molecular weight excluding hydrogens is 306 g/mol. The van der Waals surface area contributed by atoms with Crippen LogP contribution in [0.2, 0.25) is 0 Å². The number of ketones is 1. The Kier molecular flexibility index (Phi) is 5.95. The molecule has 5 heteroatoms. The third kappa shape index (κ3) is 4.59. The first-order valence-electron chi connectivity index (χ1n) is 7.76. The monoisotopic (exact) mass is 327 g/mol. The van der Waals surface area contributed by atoms with E-state index in [0.29, 0.717) is 29.2 Å². The molecular formula is C19H21NO4. The fourth-order valence-corrected chi connectivity index (χ4v) is 2.20. The maximum absolute atomic E-state index is 12.4. The van der Waals surface area contributed by atoms with Crippen molar-refractivity contribution in [3.8, 4) is 11.5 Å². The highest BCUT2D eigenvalue weighted by atomic mass is 16.5. The Bertz CT molecular complexity index is 727. The first-order valence-corrected chi connectivity index (χ1v) is 7.76. The molecule has 2 aromatic carbocycles. The summed E-state index contributed by atoms with van der Waals surface area (Å²) >= 11 is 0. The number of Topliss-reactive ketones (excluding diaryl/α,β-unsaturated/α-hetero) is 1. The van der Waals surface area contributed by atoms with E-state index in [-0.39, 0.29) is 11.7 Å². The zero-order valence-corrected chi connectivity index (χ0v) is 14.0. The van der Waals surface area contributed by atoms with Gasteiger partial charge in [0, 0.05) is 17.3 Å². The van der Waals surface area contributed by atoms with Crippen LogP contribution in [0.25, 0.3) is 0 Å². The first kappa shape index (κ1) is 17.5. The van der Waals surface area contributed by atoms with Gasteiger partial charge < -0.3 is 14.8 Å². The van der Waals surface area contributed by atoms with Crippen LogP contribution in [-0.2, 0) is 4.79 Å². The highest BCUT2D eigenvalue weighted by Gasteiger charge is 2.19. The van der Waals surface area contributed by atoms with E-state index >= 15 is 0 Å². The lowest BCUT2D eigenvalue weighted by Crippen LogP contribution is -2.32. The molecule has 0 saturated heterocycles. The highest BCUT2D eigenvalue weighted by molar-refractivity contribution is 5.98. The quantitative estimate of drug-likeness (QED) is 0.788. The molecule has 1 atom stereocenters. The standard InChI is InChI=1S/C19H21NO4/c1-4-18(24-17-10-6-9-16(12-17)23-3)19(22)20-15-8-5-7-14(11-15)13(2)21/h5-12,18H,4H2,1-3H3,(H,20,22)/t18-/m0/s1. The van der Waals surface area contributed by atoms with Gasteiger partial charge in [0.05, 0.1) is 7.11 Å². The zero-order valence-electron chi connectivity index (χ0n) is 14.0. The van der Waals surface area contributed by atoms with Crippen LogP contribution in [0, 0.1) is 0 Å². The number of methoxy groups -OCH3 is 1. The van der Waals surface area contributed by atoms with Gasteiger partial charge >= 0.3 is 0 Å². The molecule has 0 aliphatic heterocycles. The second-order valence-corrected chi connectivity index (χ2v) is 5.32. The van der Waals surface area contributed by atoms with Crippen LogP contribution < -0.4 is 14.8 Å². The van der Waals surface area contributed by atoms with Gasteiger partial charge in [-0.1, -0.05) is 25.1 Å². The van der Waals surface area contributed by atoms with Crippen LogP contribution >= 0.6 is 0 Å². The van der Waals surface area contributed by atoms with Crippen molar-refractivity contribution in [2.24, 2.45) is 0 Å². The molecule has 0 heterocycles. The summed E-state index contributed by atoms with van der Waals surface area (Å²) in [7, 11) is 1.57. The summed E-state index contributed by atoms with van der Waals surface area (Å²) in [5.74, 6) is 0.914. The minimum Gasteiger partial charge on any atom is -0.497 e. The predicted octanol–water partition coefficient (Wildman–Crippen LogP) is 3.69. The third-order valence-electron chi connectivity index (χ3n) is 3.52. The Labute approximate surface area is 141 Å². The van der Waals surface area contributed by atoms with Gasteiger partial charge in [-0.15, -0.1) is 0 Å². The van der Waals surface area contributed by atoms with E-state index in [2.05, 4.69) is 5.32 Å². The van der Waals surface area contributed by atoms with Gasteiger partial charge in [-0.05, 0) is 37.6 Å². The second kappa shape index (κ2) is 8.15. The van der Waals surface area contributed by atoms with Crippen molar-refractivity contribution < 1.29 is 19.1 Å². The molecule has 0 aliphatic rings. The smallest absolute Gasteiger partial charge is 0.265 e. The fourth-order valence-electron chi connectivity index (χ4n) is 2.20. The van der Waals surface area contributed by atoms with Gasteiger partial charge in [0.15, 0.2) is 11.9 Å². The van der Waals surface area contributed by atoms with Crippen LogP contribution in [0.1, 0.15) is 30.6 Å². The van der Waals surface area contributed by atoms with E-state index in [1.54, 1.807) is 55.6 Å². The van der Waals surface area contributed by atoms with Crippen molar-refractivity contribution in [3.05, 3.63) is 54.1 Å². The zero-order chi connectivity index (χ0) is 17.5. The molecule has 5 nitrogen and oxygen atoms in total. The topological polar surface area (TPSA) is 64.6 Å². The van der Waals surface area contributed by atoms with E-state index in [9.17, 15) is 9.59 Å². The summed E-state index contributed by atoms with van der Waals surface area (Å²) in [5, 5.41) is 2.79. The molecule has 0 aliphatic carbocycles. The molecule has 0 spiro atoms. The minimum absolute atomic E-state index is 0.0502. The summed E-state index contributed by atoms with van der Waals surface area (Å²) in [5.41, 5.74) is 1.12. The summed E-state index contributed by atoms with van der Waals surface area (Å²) in [4.78, 5) is 23.9. The lowest BCUT2D eigenvalue weighted by atomic mass is 10.1. The average Bonchev–Trinajstić information content (AvgIpc) is 2.59. The van der Waals surface area contributed by atoms with E-state index in [4.69, 9.17) is 9.47 Å². The van der Waals surface area contributed by atoms with Crippen molar-refractivity contribution in [3.63, 3.8) is 0 Å². The largest absolute Gasteiger partial charge is 0.497 e. The summed E-state index contributed by atoms with van der Waals surface area (Å²) in [6.45, 7) is 3.36. The average molecular weight is 327 g/mol. The van der Waals surface area contributed by atoms with Crippen LogP contribution in [0.5, 0.6) is 11.5 Å². The molecule has 1 N–H and O–H groups in total. The highest BCUT2D eigenvalue weighted by Crippen LogP contribution is 2.21. The molecule has 0 bridgehead atoms. The van der Waals surface area contributed by atoms with E-state index < -0.39 is 6.10 Å². The maximum Gasteiger partial charge on any atom is 0.265 e. The van der Waals surface area contributed by atoms with Crippen LogP contribution in [0.4, 0.5) is 5.69 Å². The number of amides is 1. The number of rotatable bonds is 7. The predicted molar refractivity (Wildman–Crippen MR) is 92.8 cm³/mol. The number of anilines is 1. The molecule has 126 valence electrons. The Balaban J connectivity index is 2.08. The molecule has 0 aromatic heterocycles. The van der Waals surface area contributed by atoms with E-state index in [1.807, 2.05) is 6.92 Å². The Morgan fingerprint density at radius 3 is 2.46 bits per heavy atom. The second-order valence-electron chi connectivity index (χ2n) is 5.32. The van der Waals surface area contributed by atoms with Gasteiger partial charge in [-0.3, -0.25) is 9.59 Å². The van der Waals surface area contributed by atoms with Crippen LogP contribution in [0.15, 0.2) is 48.5 Å². The minimum atomic E-state index is -0.641. The maximum atomic E-state index is 12.4. The number of hydrogen-bond acceptors (Lipinski definition) is 4. The van der Waals surface area contributed by atoms with E-state index in [1.165, 1.54) is 6.92 Å². The summed E-state index contributed by atoms with van der Waals surface area (Å²) < 4.78 is 10.9. The molecule has 2 rings (SSSR count). The molecule has 0 unspecified atom stereocenters. The number of ether oxygens (including phenoxy) is 2. The van der Waals surface area contributed by atoms with Gasteiger partial charge in [-0.2, -0.15) is 0 Å². The van der Waals surface area contributed by atoms with Crippen molar-refractivity contribution in [2.75, 3.05) is 12.4 Å². The van der Waals surface area contributed by atoms with Crippen molar-refractivity contribution in [1.29, 1.82) is 0 Å². The van der Waals surface area contributed by atoms with Gasteiger partial charge in [-0.25, -0.2) is 0 Å². The van der Waals surface area contributed by atoms with Gasteiger partial charge in [0.2, 0.25) is 0 Å². The molecule has 0 radical (unpaired) electrons. The normalized spacial score (nSPS) is 11.5. The molecule has 0 saturated carbocycles. The number of carbonyl (C=O) groups is 2.